The molecule has 2 fully saturated rings. The van der Waals surface area contributed by atoms with Crippen LogP contribution in [0.3, 0.4) is 0 Å². The molecule has 172 valence electrons. The maximum absolute atomic E-state index is 12.7. The molecule has 0 saturated carbocycles. The Kier molecular flexibility index (Phi) is 5.64. The Hall–Kier alpha value is -2.88. The summed E-state index contributed by atoms with van der Waals surface area (Å²) in [4.78, 5) is 44.4. The number of aromatic nitrogens is 1. The van der Waals surface area contributed by atoms with E-state index in [9.17, 15) is 14.4 Å². The van der Waals surface area contributed by atoms with E-state index < -0.39 is 4.75 Å². The number of fused-ring (bicyclic) bond motifs is 1. The molecule has 0 atom stereocenters. The molecule has 4 heterocycles. The maximum Gasteiger partial charge on any atom is 0.289 e. The number of aromatic amines is 1. The molecule has 9 heteroatoms. The number of rotatable bonds is 5. The summed E-state index contributed by atoms with van der Waals surface area (Å²) in [6.07, 6.45) is 3.81. The Morgan fingerprint density at radius 1 is 1.09 bits per heavy atom. The normalized spacial score (nSPS) is 21.7. The number of H-pyrrole nitrogens is 1. The molecule has 0 spiro atoms. The smallest absolute Gasteiger partial charge is 0.289 e. The van der Waals surface area contributed by atoms with E-state index in [0.29, 0.717) is 5.57 Å². The predicted molar refractivity (Wildman–Crippen MR) is 127 cm³/mol. The fourth-order valence-electron chi connectivity index (χ4n) is 4.33. The van der Waals surface area contributed by atoms with Crippen LogP contribution in [0.5, 0.6) is 0 Å². The third kappa shape index (κ3) is 4.36. The highest BCUT2D eigenvalue weighted by Crippen LogP contribution is 2.38. The number of hydrogen-bond acceptors (Lipinski definition) is 6. The zero-order valence-electron chi connectivity index (χ0n) is 18.6. The van der Waals surface area contributed by atoms with Crippen molar-refractivity contribution < 1.29 is 19.1 Å². The molecule has 0 bridgehead atoms. The molecule has 1 aromatic carbocycles. The molecule has 8 nitrogen and oxygen atoms in total. The van der Waals surface area contributed by atoms with E-state index in [1.165, 1.54) is 4.90 Å². The largest absolute Gasteiger partial charge is 0.379 e. The number of amides is 3. The lowest BCUT2D eigenvalue weighted by molar-refractivity contribution is -0.129. The molecule has 2 aromatic rings. The number of carbonyl (C=O) groups is 3. The Balaban J connectivity index is 1.36. The Labute approximate surface area is 196 Å². The van der Waals surface area contributed by atoms with Gasteiger partial charge in [0.1, 0.15) is 0 Å². The lowest BCUT2D eigenvalue weighted by atomic mass is 10.0. The first-order valence-corrected chi connectivity index (χ1v) is 11.8. The second-order valence-corrected chi connectivity index (χ2v) is 10.6. The molecular weight excluding hydrogens is 440 g/mol. The lowest BCUT2D eigenvalue weighted by Gasteiger charge is -2.25. The molecule has 5 rings (SSSR count). The molecule has 0 radical (unpaired) electrons. The van der Waals surface area contributed by atoms with Crippen LogP contribution in [0, 0.1) is 0 Å². The van der Waals surface area contributed by atoms with Crippen LogP contribution in [-0.2, 0) is 27.4 Å². The lowest BCUT2D eigenvalue weighted by Crippen LogP contribution is -2.35. The summed E-state index contributed by atoms with van der Waals surface area (Å²) in [5, 5.41) is 2.66. The van der Waals surface area contributed by atoms with Gasteiger partial charge >= 0.3 is 0 Å². The van der Waals surface area contributed by atoms with Gasteiger partial charge in [-0.15, -0.1) is 0 Å². The van der Waals surface area contributed by atoms with Gasteiger partial charge < -0.3 is 15.0 Å². The third-order valence-electron chi connectivity index (χ3n) is 6.11. The van der Waals surface area contributed by atoms with Gasteiger partial charge in [0.25, 0.3) is 11.1 Å². The van der Waals surface area contributed by atoms with Gasteiger partial charge in [-0.3, -0.25) is 24.2 Å². The van der Waals surface area contributed by atoms with Crippen LogP contribution in [0.15, 0.2) is 30.5 Å². The van der Waals surface area contributed by atoms with Gasteiger partial charge in [-0.25, -0.2) is 0 Å². The minimum absolute atomic E-state index is 0.170. The molecule has 3 aliphatic rings. The zero-order chi connectivity index (χ0) is 23.2. The van der Waals surface area contributed by atoms with Crippen LogP contribution >= 0.6 is 11.8 Å². The summed E-state index contributed by atoms with van der Waals surface area (Å²) >= 11 is 1.05. The topological polar surface area (TPSA) is 94.7 Å². The Morgan fingerprint density at radius 2 is 1.88 bits per heavy atom. The third-order valence-corrected chi connectivity index (χ3v) is 7.19. The number of nitrogens with one attached hydrogen (secondary N) is 2. The van der Waals surface area contributed by atoms with Crippen molar-refractivity contribution in [3.8, 4) is 0 Å². The first-order chi connectivity index (χ1) is 15.8. The molecular formula is C24H26N4O4S. The summed E-state index contributed by atoms with van der Waals surface area (Å²) in [6, 6.07) is 7.60. The van der Waals surface area contributed by atoms with Crippen molar-refractivity contribution in [1.82, 2.24) is 14.8 Å². The second kappa shape index (κ2) is 8.48. The molecule has 3 amide bonds. The molecule has 2 N–H and O–H groups in total. The van der Waals surface area contributed by atoms with Crippen molar-refractivity contribution in [3.63, 3.8) is 0 Å². The van der Waals surface area contributed by atoms with Crippen LogP contribution in [0.1, 0.15) is 36.2 Å². The Bertz CT molecular complexity index is 1160. The van der Waals surface area contributed by atoms with Crippen LogP contribution in [-0.4, -0.2) is 62.9 Å². The molecule has 0 unspecified atom stereocenters. The van der Waals surface area contributed by atoms with Crippen molar-refractivity contribution in [2.45, 2.75) is 31.7 Å². The van der Waals surface area contributed by atoms with Crippen molar-refractivity contribution in [1.29, 1.82) is 0 Å². The number of benzene rings is 1. The fourth-order valence-corrected chi connectivity index (χ4v) is 5.22. The number of carbonyl (C=O) groups excluding carboxylic acids is 3. The number of anilines is 1. The van der Waals surface area contributed by atoms with E-state index >= 15 is 0 Å². The maximum atomic E-state index is 12.7. The highest BCUT2D eigenvalue weighted by Gasteiger charge is 2.45. The highest BCUT2D eigenvalue weighted by molar-refractivity contribution is 8.16. The monoisotopic (exact) mass is 466 g/mol. The van der Waals surface area contributed by atoms with E-state index in [-0.39, 0.29) is 23.6 Å². The fraction of sp³-hybridized carbons (Fsp3) is 0.375. The summed E-state index contributed by atoms with van der Waals surface area (Å²) in [6.45, 7) is 7.88. The van der Waals surface area contributed by atoms with E-state index in [0.717, 1.165) is 72.7 Å². The van der Waals surface area contributed by atoms with E-state index in [1.54, 1.807) is 13.8 Å². The van der Waals surface area contributed by atoms with E-state index in [1.807, 2.05) is 30.5 Å². The van der Waals surface area contributed by atoms with Crippen molar-refractivity contribution in [2.75, 3.05) is 31.6 Å². The van der Waals surface area contributed by atoms with Crippen LogP contribution < -0.4 is 5.32 Å². The number of hydrogen-bond donors (Lipinski definition) is 2. The number of nitrogens with zero attached hydrogens (tertiary/aromatic N) is 2. The number of thioether (sulfide) groups is 1. The molecule has 1 aromatic heterocycles. The van der Waals surface area contributed by atoms with Crippen LogP contribution in [0.25, 0.3) is 11.6 Å². The van der Waals surface area contributed by atoms with Crippen molar-refractivity contribution >= 4 is 46.2 Å². The van der Waals surface area contributed by atoms with Crippen LogP contribution in [0.2, 0.25) is 0 Å². The summed E-state index contributed by atoms with van der Waals surface area (Å²) in [7, 11) is 0. The van der Waals surface area contributed by atoms with E-state index in [4.69, 9.17) is 4.74 Å². The van der Waals surface area contributed by atoms with Gasteiger partial charge in [0.05, 0.1) is 30.1 Å². The SMILES string of the molecule is CC1(C)SC(=O)N(Cc2ccc3c(c2)/C(=C/c2cc(CN4CCOCC4)c[nH]2)C(=O)N3)C1=O. The summed E-state index contributed by atoms with van der Waals surface area (Å²) in [5.41, 5.74) is 4.86. The summed E-state index contributed by atoms with van der Waals surface area (Å²) in [5.74, 6) is -0.362. The molecule has 33 heavy (non-hydrogen) atoms. The van der Waals surface area contributed by atoms with Gasteiger partial charge in [0.15, 0.2) is 0 Å². The molecule has 0 aliphatic carbocycles. The van der Waals surface area contributed by atoms with Crippen LogP contribution in [0.4, 0.5) is 10.5 Å². The average molecular weight is 467 g/mol. The quantitative estimate of drug-likeness (QED) is 0.657. The zero-order valence-corrected chi connectivity index (χ0v) is 19.5. The van der Waals surface area contributed by atoms with Gasteiger partial charge in [-0.05, 0) is 61.0 Å². The van der Waals surface area contributed by atoms with Gasteiger partial charge in [0, 0.05) is 42.8 Å². The molecule has 3 aliphatic heterocycles. The Morgan fingerprint density at radius 3 is 2.61 bits per heavy atom. The second-order valence-electron chi connectivity index (χ2n) is 9.01. The van der Waals surface area contributed by atoms with Gasteiger partial charge in [0.2, 0.25) is 5.91 Å². The average Bonchev–Trinajstić information content (AvgIpc) is 3.40. The number of morpholine rings is 1. The van der Waals surface area contributed by atoms with Crippen molar-refractivity contribution in [2.24, 2.45) is 0 Å². The number of imide groups is 1. The first-order valence-electron chi connectivity index (χ1n) is 11.0. The van der Waals surface area contributed by atoms with Gasteiger partial charge in [-0.2, -0.15) is 0 Å². The number of ether oxygens (including phenoxy) is 1. The van der Waals surface area contributed by atoms with E-state index in [2.05, 4.69) is 21.3 Å². The predicted octanol–water partition coefficient (Wildman–Crippen LogP) is 3.31. The molecule has 2 saturated heterocycles. The standard InChI is InChI=1S/C24H26N4O4S/c1-24(2)22(30)28(23(31)33-24)14-15-3-4-20-18(10-15)19(21(29)26-20)11-17-9-16(12-25-17)13-27-5-7-32-8-6-27/h3-4,9-12,25H,5-8,13-14H2,1-2H3,(H,26,29)/b19-11-. The van der Waals surface area contributed by atoms with Crippen molar-refractivity contribution in [3.05, 3.63) is 52.8 Å². The highest BCUT2D eigenvalue weighted by atomic mass is 32.2. The minimum Gasteiger partial charge on any atom is -0.379 e. The minimum atomic E-state index is -0.747. The first kappa shape index (κ1) is 21.9. The van der Waals surface area contributed by atoms with Gasteiger partial charge in [-0.1, -0.05) is 6.07 Å². The summed E-state index contributed by atoms with van der Waals surface area (Å²) < 4.78 is 4.66.